The molecule has 1 unspecified atom stereocenters. The number of aromatic nitrogens is 3. The fraction of sp³-hybridized carbons (Fsp3) is 0.115. The molecule has 0 aliphatic rings. The normalized spacial score (nSPS) is 11.9. The van der Waals surface area contributed by atoms with Gasteiger partial charge in [0.1, 0.15) is 5.82 Å². The van der Waals surface area contributed by atoms with E-state index in [0.717, 1.165) is 39.2 Å². The number of benzene rings is 1. The van der Waals surface area contributed by atoms with Crippen LogP contribution in [0.15, 0.2) is 83.7 Å². The summed E-state index contributed by atoms with van der Waals surface area (Å²) in [5.74, 6) is 0.734. The number of hydrogen-bond donors (Lipinski definition) is 3. The molecule has 4 heterocycles. The van der Waals surface area contributed by atoms with Crippen LogP contribution in [0.3, 0.4) is 0 Å². The van der Waals surface area contributed by atoms with Gasteiger partial charge in [-0.3, -0.25) is 9.78 Å². The van der Waals surface area contributed by atoms with Crippen molar-refractivity contribution in [3.05, 3.63) is 108 Å². The molecule has 0 saturated carbocycles. The van der Waals surface area contributed by atoms with E-state index in [1.54, 1.807) is 24.5 Å². The summed E-state index contributed by atoms with van der Waals surface area (Å²) in [6.45, 7) is 4.07. The van der Waals surface area contributed by atoms with Crippen molar-refractivity contribution in [2.45, 2.75) is 19.9 Å². The highest BCUT2D eigenvalue weighted by Crippen LogP contribution is 2.35. The fourth-order valence-electron chi connectivity index (χ4n) is 4.00. The maximum Gasteiger partial charge on any atom is 0.291 e. The average molecular weight is 438 g/mol. The number of rotatable bonds is 6. The van der Waals surface area contributed by atoms with Crippen molar-refractivity contribution in [3.8, 4) is 0 Å². The van der Waals surface area contributed by atoms with Gasteiger partial charge in [-0.15, -0.1) is 0 Å². The highest BCUT2D eigenvalue weighted by atomic mass is 16.3. The Bertz CT molecular complexity index is 1410. The summed E-state index contributed by atoms with van der Waals surface area (Å²) in [5.41, 5.74) is 5.69. The number of anilines is 2. The predicted molar refractivity (Wildman–Crippen MR) is 128 cm³/mol. The molecule has 33 heavy (non-hydrogen) atoms. The minimum atomic E-state index is -0.295. The summed E-state index contributed by atoms with van der Waals surface area (Å²) in [4.78, 5) is 25.1. The number of furan rings is 1. The lowest BCUT2D eigenvalue weighted by molar-refractivity contribution is 0.0996. The zero-order chi connectivity index (χ0) is 22.8. The van der Waals surface area contributed by atoms with Gasteiger partial charge in [0.25, 0.3) is 5.91 Å². The maximum absolute atomic E-state index is 12.5. The third kappa shape index (κ3) is 4.21. The van der Waals surface area contributed by atoms with Crippen molar-refractivity contribution in [3.63, 3.8) is 0 Å². The van der Waals surface area contributed by atoms with Gasteiger partial charge in [0, 0.05) is 40.2 Å². The zero-order valence-electron chi connectivity index (χ0n) is 18.3. The largest absolute Gasteiger partial charge is 0.459 e. The van der Waals surface area contributed by atoms with Gasteiger partial charge in [0.15, 0.2) is 5.76 Å². The van der Waals surface area contributed by atoms with Crippen molar-refractivity contribution < 1.29 is 9.21 Å². The first-order valence-electron chi connectivity index (χ1n) is 10.7. The van der Waals surface area contributed by atoms with Gasteiger partial charge in [0.05, 0.1) is 18.0 Å². The van der Waals surface area contributed by atoms with Crippen LogP contribution in [-0.4, -0.2) is 20.9 Å². The Morgan fingerprint density at radius 2 is 1.91 bits per heavy atom. The van der Waals surface area contributed by atoms with Gasteiger partial charge in [-0.05, 0) is 74.0 Å². The first-order valence-corrected chi connectivity index (χ1v) is 10.7. The van der Waals surface area contributed by atoms with E-state index in [-0.39, 0.29) is 17.7 Å². The van der Waals surface area contributed by atoms with Crippen LogP contribution in [0.25, 0.3) is 10.9 Å². The first kappa shape index (κ1) is 20.5. The second-order valence-electron chi connectivity index (χ2n) is 7.91. The summed E-state index contributed by atoms with van der Waals surface area (Å²) >= 11 is 0. The minimum Gasteiger partial charge on any atom is -0.459 e. The monoisotopic (exact) mass is 437 g/mol. The molecule has 5 aromatic rings. The molecule has 4 aromatic heterocycles. The molecule has 7 nitrogen and oxygen atoms in total. The lowest BCUT2D eigenvalue weighted by Crippen LogP contribution is -2.15. The van der Waals surface area contributed by atoms with Gasteiger partial charge in [0.2, 0.25) is 0 Å². The summed E-state index contributed by atoms with van der Waals surface area (Å²) in [6, 6.07) is 18.7. The summed E-state index contributed by atoms with van der Waals surface area (Å²) in [6.07, 6.45) is 5.05. The highest BCUT2D eigenvalue weighted by molar-refractivity contribution is 6.03. The fourth-order valence-corrected chi connectivity index (χ4v) is 4.00. The number of carbonyl (C=O) groups excluding carboxylic acids is 1. The molecule has 1 atom stereocenters. The van der Waals surface area contributed by atoms with Crippen LogP contribution >= 0.6 is 0 Å². The van der Waals surface area contributed by atoms with Gasteiger partial charge in [-0.25, -0.2) is 4.98 Å². The molecule has 0 saturated heterocycles. The molecule has 7 heteroatoms. The molecule has 0 bridgehead atoms. The molecule has 0 spiro atoms. The third-order valence-electron chi connectivity index (χ3n) is 5.52. The number of pyridine rings is 2. The molecule has 5 rings (SSSR count). The lowest BCUT2D eigenvalue weighted by atomic mass is 9.99. The zero-order valence-corrected chi connectivity index (χ0v) is 18.3. The number of amides is 1. The molecular formula is C26H23N5O2. The lowest BCUT2D eigenvalue weighted by Gasteiger charge is -2.20. The van der Waals surface area contributed by atoms with E-state index < -0.39 is 0 Å². The van der Waals surface area contributed by atoms with E-state index >= 15 is 0 Å². The molecule has 0 fully saturated rings. The van der Waals surface area contributed by atoms with E-state index in [0.29, 0.717) is 5.69 Å². The molecule has 164 valence electrons. The quantitative estimate of drug-likeness (QED) is 0.320. The number of carbonyl (C=O) groups is 1. The number of nitrogens with one attached hydrogen (secondary N) is 3. The summed E-state index contributed by atoms with van der Waals surface area (Å²) in [5, 5.41) is 7.46. The van der Waals surface area contributed by atoms with Gasteiger partial charge in [-0.1, -0.05) is 6.07 Å². The Kier molecular flexibility index (Phi) is 5.36. The van der Waals surface area contributed by atoms with Crippen LogP contribution in [-0.2, 0) is 0 Å². The third-order valence-corrected chi connectivity index (χ3v) is 5.52. The Labute approximate surface area is 190 Å². The molecule has 0 aliphatic heterocycles. The Morgan fingerprint density at radius 3 is 2.67 bits per heavy atom. The van der Waals surface area contributed by atoms with Crippen LogP contribution in [0, 0.1) is 13.8 Å². The van der Waals surface area contributed by atoms with E-state index in [9.17, 15) is 4.79 Å². The summed E-state index contributed by atoms with van der Waals surface area (Å²) in [7, 11) is 0. The van der Waals surface area contributed by atoms with Gasteiger partial charge >= 0.3 is 0 Å². The van der Waals surface area contributed by atoms with Crippen molar-refractivity contribution >= 4 is 28.3 Å². The van der Waals surface area contributed by atoms with Gasteiger partial charge in [-0.2, -0.15) is 0 Å². The SMILES string of the molecule is Cc1ccnc(NC(c2ccccn2)c2c(C)[nH]c3ccc(NC(=O)c4ccco4)cc23)c1. The smallest absolute Gasteiger partial charge is 0.291 e. The van der Waals surface area contributed by atoms with Crippen molar-refractivity contribution in [2.75, 3.05) is 10.6 Å². The number of aromatic amines is 1. The van der Waals surface area contributed by atoms with Crippen LogP contribution in [0.2, 0.25) is 0 Å². The second-order valence-corrected chi connectivity index (χ2v) is 7.91. The highest BCUT2D eigenvalue weighted by Gasteiger charge is 2.23. The molecule has 3 N–H and O–H groups in total. The number of aryl methyl sites for hydroxylation is 2. The van der Waals surface area contributed by atoms with E-state index in [1.807, 2.05) is 62.4 Å². The van der Waals surface area contributed by atoms with Crippen molar-refractivity contribution in [1.29, 1.82) is 0 Å². The number of nitrogens with zero attached hydrogens (tertiary/aromatic N) is 2. The van der Waals surface area contributed by atoms with Crippen LogP contribution < -0.4 is 10.6 Å². The molecule has 0 radical (unpaired) electrons. The van der Waals surface area contributed by atoms with Crippen molar-refractivity contribution in [2.24, 2.45) is 0 Å². The van der Waals surface area contributed by atoms with Crippen LogP contribution in [0.4, 0.5) is 11.5 Å². The van der Waals surface area contributed by atoms with E-state index in [2.05, 4.69) is 25.6 Å². The molecule has 0 aliphatic carbocycles. The molecule has 1 amide bonds. The Balaban J connectivity index is 1.58. The van der Waals surface area contributed by atoms with E-state index in [4.69, 9.17) is 4.42 Å². The molecular weight excluding hydrogens is 414 g/mol. The van der Waals surface area contributed by atoms with Crippen molar-refractivity contribution in [1.82, 2.24) is 15.0 Å². The standard InChI is InChI=1S/C26H23N5O2/c1-16-10-12-28-23(14-16)31-25(21-6-3-4-11-27-21)24-17(2)29-20-9-8-18(15-19(20)24)30-26(32)22-7-5-13-33-22/h3-15,25,29H,1-2H3,(H,28,31)(H,30,32). The predicted octanol–water partition coefficient (Wildman–Crippen LogP) is 5.62. The van der Waals surface area contributed by atoms with Gasteiger partial charge < -0.3 is 20.0 Å². The number of H-pyrrole nitrogens is 1. The average Bonchev–Trinajstić information content (AvgIpc) is 3.46. The Hall–Kier alpha value is -4.39. The minimum absolute atomic E-state index is 0.245. The second kappa shape index (κ2) is 8.63. The summed E-state index contributed by atoms with van der Waals surface area (Å²) < 4.78 is 5.21. The van der Waals surface area contributed by atoms with E-state index in [1.165, 1.54) is 6.26 Å². The van der Waals surface area contributed by atoms with Crippen LogP contribution in [0.1, 0.15) is 39.1 Å². The van der Waals surface area contributed by atoms with Crippen LogP contribution in [0.5, 0.6) is 0 Å². The topological polar surface area (TPSA) is 95.8 Å². The maximum atomic E-state index is 12.5. The molecule has 1 aromatic carbocycles. The Morgan fingerprint density at radius 1 is 1.00 bits per heavy atom. The first-order chi connectivity index (χ1) is 16.1. The number of fused-ring (bicyclic) bond motifs is 1. The number of hydrogen-bond acceptors (Lipinski definition) is 5.